The maximum atomic E-state index is 12.9. The Bertz CT molecular complexity index is 778. The van der Waals surface area contributed by atoms with Crippen molar-refractivity contribution in [3.63, 3.8) is 0 Å². The Morgan fingerprint density at radius 3 is 2.67 bits per heavy atom. The van der Waals surface area contributed by atoms with E-state index in [1.165, 1.54) is 25.7 Å². The molecule has 1 aliphatic carbocycles. The summed E-state index contributed by atoms with van der Waals surface area (Å²) in [7, 11) is 0. The number of allylic oxidation sites excluding steroid dienone is 1. The van der Waals surface area contributed by atoms with Gasteiger partial charge in [0.25, 0.3) is 0 Å². The highest BCUT2D eigenvalue weighted by Crippen LogP contribution is 2.43. The fraction of sp³-hybridized carbons (Fsp3) is 0.524. The van der Waals surface area contributed by atoms with Gasteiger partial charge in [0, 0.05) is 18.4 Å². The van der Waals surface area contributed by atoms with Gasteiger partial charge in [-0.25, -0.2) is 0 Å². The standard InChI is InChI=1S/C21H25N3O2S/c1-2-26-17-9-7-15(8-10-17)18-11-20(25)24-13-23(16-5-3-4-6-16)14-27-21(24)19(18)12-22/h7-10,16,18H,2-6,11,13-14H2,1H3/t18-/m1/s1. The number of fused-ring (bicyclic) bond motifs is 1. The zero-order valence-electron chi connectivity index (χ0n) is 15.7. The normalized spacial score (nSPS) is 24.1. The molecule has 1 saturated carbocycles. The van der Waals surface area contributed by atoms with E-state index in [4.69, 9.17) is 4.74 Å². The lowest BCUT2D eigenvalue weighted by Crippen LogP contribution is -2.50. The first-order chi connectivity index (χ1) is 13.2. The molecule has 0 spiro atoms. The van der Waals surface area contributed by atoms with Gasteiger partial charge < -0.3 is 4.74 Å². The van der Waals surface area contributed by atoms with Gasteiger partial charge in [-0.1, -0.05) is 36.7 Å². The van der Waals surface area contributed by atoms with Crippen molar-refractivity contribution in [3.05, 3.63) is 40.4 Å². The van der Waals surface area contributed by atoms with Crippen LogP contribution in [0, 0.1) is 11.3 Å². The van der Waals surface area contributed by atoms with Gasteiger partial charge in [-0.05, 0) is 37.5 Å². The average Bonchev–Trinajstić information content (AvgIpc) is 3.23. The molecule has 1 aromatic carbocycles. The molecule has 3 aliphatic rings. The molecule has 0 unspecified atom stereocenters. The molecule has 2 aliphatic heterocycles. The minimum absolute atomic E-state index is 0.123. The molecule has 0 bridgehead atoms. The Kier molecular flexibility index (Phi) is 5.42. The van der Waals surface area contributed by atoms with Crippen molar-refractivity contribution in [2.75, 3.05) is 19.2 Å². The van der Waals surface area contributed by atoms with Crippen LogP contribution in [0.1, 0.15) is 50.5 Å². The molecule has 5 nitrogen and oxygen atoms in total. The molecule has 1 atom stereocenters. The first-order valence-electron chi connectivity index (χ1n) is 9.75. The number of hydrogen-bond donors (Lipinski definition) is 0. The summed E-state index contributed by atoms with van der Waals surface area (Å²) >= 11 is 1.65. The SMILES string of the molecule is CCOc1ccc([C@H]2CC(=O)N3CN(C4CCCC4)CSC3=C2C#N)cc1. The van der Waals surface area contributed by atoms with Crippen molar-refractivity contribution in [1.82, 2.24) is 9.80 Å². The number of nitrogens with zero attached hydrogens (tertiary/aromatic N) is 3. The van der Waals surface area contributed by atoms with Crippen molar-refractivity contribution in [1.29, 1.82) is 5.26 Å². The molecule has 0 radical (unpaired) electrons. The number of amides is 1. The van der Waals surface area contributed by atoms with E-state index < -0.39 is 0 Å². The number of ether oxygens (including phenoxy) is 1. The van der Waals surface area contributed by atoms with E-state index in [9.17, 15) is 10.1 Å². The summed E-state index contributed by atoms with van der Waals surface area (Å²) in [5, 5.41) is 10.7. The highest BCUT2D eigenvalue weighted by atomic mass is 32.2. The summed E-state index contributed by atoms with van der Waals surface area (Å²) < 4.78 is 5.51. The lowest BCUT2D eigenvalue weighted by molar-refractivity contribution is -0.132. The second-order valence-corrected chi connectivity index (χ2v) is 8.29. The Morgan fingerprint density at radius 2 is 2.00 bits per heavy atom. The molecular formula is C21H25N3O2S. The zero-order chi connectivity index (χ0) is 18.8. The molecule has 1 amide bonds. The summed E-state index contributed by atoms with van der Waals surface area (Å²) in [4.78, 5) is 17.2. The minimum atomic E-state index is -0.157. The summed E-state index contributed by atoms with van der Waals surface area (Å²) in [6.45, 7) is 3.21. The van der Waals surface area contributed by atoms with Gasteiger partial charge >= 0.3 is 0 Å². The molecular weight excluding hydrogens is 358 g/mol. The predicted molar refractivity (Wildman–Crippen MR) is 106 cm³/mol. The van der Waals surface area contributed by atoms with Crippen molar-refractivity contribution in [2.24, 2.45) is 0 Å². The Balaban J connectivity index is 1.59. The van der Waals surface area contributed by atoms with Gasteiger partial charge in [-0.2, -0.15) is 5.26 Å². The number of nitriles is 1. The number of hydrogen-bond acceptors (Lipinski definition) is 5. The third-order valence-electron chi connectivity index (χ3n) is 5.75. The summed E-state index contributed by atoms with van der Waals surface area (Å²) in [5.41, 5.74) is 1.74. The van der Waals surface area contributed by atoms with E-state index in [1.807, 2.05) is 36.1 Å². The van der Waals surface area contributed by atoms with E-state index in [2.05, 4.69) is 11.0 Å². The Hall–Kier alpha value is -1.97. The molecule has 6 heteroatoms. The second-order valence-electron chi connectivity index (χ2n) is 7.35. The summed E-state index contributed by atoms with van der Waals surface area (Å²) in [6.07, 6.45) is 5.38. The maximum absolute atomic E-state index is 12.9. The van der Waals surface area contributed by atoms with Crippen LogP contribution in [0.25, 0.3) is 0 Å². The first-order valence-corrected chi connectivity index (χ1v) is 10.7. The number of carbonyl (C=O) groups is 1. The van der Waals surface area contributed by atoms with E-state index in [1.54, 1.807) is 11.8 Å². The van der Waals surface area contributed by atoms with Crippen molar-refractivity contribution in [3.8, 4) is 11.8 Å². The number of thioether (sulfide) groups is 1. The first kappa shape index (κ1) is 18.4. The van der Waals surface area contributed by atoms with Gasteiger partial charge in [-0.3, -0.25) is 14.6 Å². The van der Waals surface area contributed by atoms with Gasteiger partial charge in [0.2, 0.25) is 5.91 Å². The van der Waals surface area contributed by atoms with Crippen molar-refractivity contribution < 1.29 is 9.53 Å². The van der Waals surface area contributed by atoms with Crippen LogP contribution in [0.15, 0.2) is 34.9 Å². The highest BCUT2D eigenvalue weighted by Gasteiger charge is 2.39. The van der Waals surface area contributed by atoms with Gasteiger partial charge in [-0.15, -0.1) is 0 Å². The fourth-order valence-corrected chi connectivity index (χ4v) is 5.56. The molecule has 2 heterocycles. The average molecular weight is 384 g/mol. The minimum Gasteiger partial charge on any atom is -0.494 e. The van der Waals surface area contributed by atoms with E-state index in [-0.39, 0.29) is 11.8 Å². The van der Waals surface area contributed by atoms with Crippen molar-refractivity contribution in [2.45, 2.75) is 51.0 Å². The van der Waals surface area contributed by atoms with Crippen LogP contribution in [-0.4, -0.2) is 40.9 Å². The number of benzene rings is 1. The van der Waals surface area contributed by atoms with Crippen LogP contribution in [0.3, 0.4) is 0 Å². The van der Waals surface area contributed by atoms with E-state index in [0.29, 0.717) is 25.7 Å². The third kappa shape index (κ3) is 3.59. The molecule has 4 rings (SSSR count). The molecule has 0 N–H and O–H groups in total. The molecule has 27 heavy (non-hydrogen) atoms. The molecule has 1 aromatic rings. The quantitative estimate of drug-likeness (QED) is 0.785. The third-order valence-corrected chi connectivity index (χ3v) is 6.92. The van der Waals surface area contributed by atoms with Crippen LogP contribution < -0.4 is 4.74 Å². The lowest BCUT2D eigenvalue weighted by atomic mass is 9.86. The maximum Gasteiger partial charge on any atom is 0.229 e. The predicted octanol–water partition coefficient (Wildman–Crippen LogP) is 4.04. The van der Waals surface area contributed by atoms with Crippen LogP contribution in [0.4, 0.5) is 0 Å². The second kappa shape index (κ2) is 7.95. The van der Waals surface area contributed by atoms with E-state index >= 15 is 0 Å². The monoisotopic (exact) mass is 383 g/mol. The van der Waals surface area contributed by atoms with Crippen LogP contribution in [-0.2, 0) is 4.79 Å². The van der Waals surface area contributed by atoms with E-state index in [0.717, 1.165) is 27.8 Å². The Labute approximate surface area is 165 Å². The van der Waals surface area contributed by atoms with Gasteiger partial charge in [0.1, 0.15) is 5.75 Å². The zero-order valence-corrected chi connectivity index (χ0v) is 16.5. The topological polar surface area (TPSA) is 56.6 Å². The smallest absolute Gasteiger partial charge is 0.229 e. The molecule has 2 fully saturated rings. The molecule has 0 aromatic heterocycles. The Morgan fingerprint density at radius 1 is 1.26 bits per heavy atom. The molecule has 142 valence electrons. The number of rotatable bonds is 4. The summed E-state index contributed by atoms with van der Waals surface area (Å²) in [5.74, 6) is 1.65. The fourth-order valence-electron chi connectivity index (χ4n) is 4.32. The summed E-state index contributed by atoms with van der Waals surface area (Å²) in [6, 6.07) is 10.8. The highest BCUT2D eigenvalue weighted by molar-refractivity contribution is 8.03. The lowest BCUT2D eigenvalue weighted by Gasteiger charge is -2.43. The van der Waals surface area contributed by atoms with Crippen LogP contribution in [0.2, 0.25) is 0 Å². The number of carbonyl (C=O) groups excluding carboxylic acids is 1. The molecule has 1 saturated heterocycles. The van der Waals surface area contributed by atoms with Crippen molar-refractivity contribution >= 4 is 17.7 Å². The van der Waals surface area contributed by atoms with Gasteiger partial charge in [0.05, 0.1) is 35.8 Å². The largest absolute Gasteiger partial charge is 0.494 e. The van der Waals surface area contributed by atoms with Crippen LogP contribution >= 0.6 is 11.8 Å². The van der Waals surface area contributed by atoms with Crippen LogP contribution in [0.5, 0.6) is 5.75 Å². The van der Waals surface area contributed by atoms with Gasteiger partial charge in [0.15, 0.2) is 0 Å².